The van der Waals surface area contributed by atoms with Crippen LogP contribution in [0.2, 0.25) is 10.0 Å². The Kier molecular flexibility index (Phi) is 6.71. The van der Waals surface area contributed by atoms with E-state index in [1.165, 1.54) is 17.2 Å². The summed E-state index contributed by atoms with van der Waals surface area (Å²) in [6, 6.07) is 3.78. The fourth-order valence-electron chi connectivity index (χ4n) is 3.53. The first kappa shape index (κ1) is 27.2. The first-order chi connectivity index (χ1) is 17.1. The Bertz CT molecular complexity index is 1380. The summed E-state index contributed by atoms with van der Waals surface area (Å²) in [6.45, 7) is 0. The van der Waals surface area contributed by atoms with Gasteiger partial charge in [0.05, 0.1) is 26.7 Å². The number of nitriles is 1. The van der Waals surface area contributed by atoms with Crippen LogP contribution < -0.4 is 0 Å². The van der Waals surface area contributed by atoms with Crippen molar-refractivity contribution in [1.29, 1.82) is 5.26 Å². The van der Waals surface area contributed by atoms with Crippen LogP contribution in [0.5, 0.6) is 0 Å². The number of hydrogen-bond donors (Lipinski definition) is 0. The van der Waals surface area contributed by atoms with Crippen LogP contribution >= 0.6 is 34.5 Å². The van der Waals surface area contributed by atoms with Crippen molar-refractivity contribution >= 4 is 40.4 Å². The highest BCUT2D eigenvalue weighted by molar-refractivity contribution is 7.16. The summed E-state index contributed by atoms with van der Waals surface area (Å²) in [5, 5.41) is 15.5. The molecule has 1 aliphatic carbocycles. The van der Waals surface area contributed by atoms with Crippen LogP contribution in [0.4, 0.5) is 30.7 Å². The van der Waals surface area contributed by atoms with Crippen LogP contribution in [0.15, 0.2) is 24.4 Å². The third-order valence-electron chi connectivity index (χ3n) is 5.65. The lowest BCUT2D eigenvalue weighted by atomic mass is 9.94. The van der Waals surface area contributed by atoms with E-state index in [0.717, 1.165) is 28.9 Å². The molecule has 6 nitrogen and oxygen atoms in total. The zero-order chi connectivity index (χ0) is 27.5. The van der Waals surface area contributed by atoms with Crippen LogP contribution in [-0.4, -0.2) is 51.2 Å². The van der Waals surface area contributed by atoms with E-state index in [4.69, 9.17) is 23.2 Å². The quantitative estimate of drug-likeness (QED) is 0.312. The third kappa shape index (κ3) is 4.64. The molecule has 16 heteroatoms. The van der Waals surface area contributed by atoms with E-state index >= 15 is 0 Å². The molecule has 0 bridgehead atoms. The highest BCUT2D eigenvalue weighted by atomic mass is 35.5. The number of benzene rings is 1. The maximum absolute atomic E-state index is 14.4. The van der Waals surface area contributed by atoms with E-state index in [9.17, 15) is 40.8 Å². The average molecular weight is 586 g/mol. The molecular weight excluding hydrogens is 574 g/mol. The first-order valence-corrected chi connectivity index (χ1v) is 11.7. The molecule has 3 aromatic rings. The summed E-state index contributed by atoms with van der Waals surface area (Å²) < 4.78 is 94.1. The number of carbonyl (C=O) groups is 1. The Balaban J connectivity index is 1.72. The van der Waals surface area contributed by atoms with Crippen molar-refractivity contribution < 1.29 is 35.5 Å². The molecule has 1 fully saturated rings. The Morgan fingerprint density at radius 2 is 1.68 bits per heavy atom. The number of amides is 1. The van der Waals surface area contributed by atoms with E-state index in [0.29, 0.717) is 4.88 Å². The Morgan fingerprint density at radius 3 is 2.16 bits per heavy atom. The monoisotopic (exact) mass is 585 g/mol. The van der Waals surface area contributed by atoms with E-state index < -0.39 is 33.6 Å². The second-order valence-corrected chi connectivity index (χ2v) is 9.97. The maximum Gasteiger partial charge on any atom is 0.435 e. The minimum Gasteiger partial charge on any atom is -0.339 e. The standard InChI is InChI=1S/C21H12Cl2F7N5OS/c1-34(10-2-3-10)18(36)11-6-15(37-16(11)7-31)14-8-35(33-32-14)17-12(22)4-9(5-13(17)23)19(24,20(25,26)27)21(28,29)30/h4-6,8,10H,2-3H2,1H3. The molecule has 1 aromatic carbocycles. The molecular formula is C21H12Cl2F7N5OS. The average Bonchev–Trinajstić information content (AvgIpc) is 3.37. The molecule has 0 unspecified atom stereocenters. The molecule has 2 heterocycles. The predicted molar refractivity (Wildman–Crippen MR) is 119 cm³/mol. The first-order valence-electron chi connectivity index (χ1n) is 10.2. The highest BCUT2D eigenvalue weighted by Crippen LogP contribution is 2.54. The summed E-state index contributed by atoms with van der Waals surface area (Å²) in [5.41, 5.74) is -7.69. The van der Waals surface area contributed by atoms with Gasteiger partial charge in [0.25, 0.3) is 5.91 Å². The van der Waals surface area contributed by atoms with Crippen molar-refractivity contribution in [3.05, 3.63) is 50.4 Å². The van der Waals surface area contributed by atoms with Crippen LogP contribution in [0.1, 0.15) is 33.6 Å². The predicted octanol–water partition coefficient (Wildman–Crippen LogP) is 6.70. The minimum atomic E-state index is -6.35. The molecule has 0 atom stereocenters. The summed E-state index contributed by atoms with van der Waals surface area (Å²) in [5.74, 6) is -0.361. The zero-order valence-corrected chi connectivity index (χ0v) is 20.6. The van der Waals surface area contributed by atoms with Crippen molar-refractivity contribution in [2.24, 2.45) is 0 Å². The van der Waals surface area contributed by atoms with E-state index in [2.05, 4.69) is 10.3 Å². The van der Waals surface area contributed by atoms with Gasteiger partial charge in [-0.15, -0.1) is 16.4 Å². The number of hydrogen-bond acceptors (Lipinski definition) is 5. The molecule has 0 spiro atoms. The lowest BCUT2D eigenvalue weighted by molar-refractivity contribution is -0.348. The highest BCUT2D eigenvalue weighted by Gasteiger charge is 2.73. The molecule has 1 amide bonds. The van der Waals surface area contributed by atoms with Gasteiger partial charge in [-0.05, 0) is 31.0 Å². The Hall–Kier alpha value is -2.89. The van der Waals surface area contributed by atoms with Gasteiger partial charge in [-0.3, -0.25) is 4.79 Å². The summed E-state index contributed by atoms with van der Waals surface area (Å²) >= 11 is 12.8. The van der Waals surface area contributed by atoms with Gasteiger partial charge in [-0.25, -0.2) is 9.07 Å². The summed E-state index contributed by atoms with van der Waals surface area (Å²) in [7, 11) is 1.62. The topological polar surface area (TPSA) is 74.8 Å². The molecule has 4 rings (SSSR count). The van der Waals surface area contributed by atoms with Crippen LogP contribution in [0.3, 0.4) is 0 Å². The van der Waals surface area contributed by atoms with Crippen molar-refractivity contribution in [3.8, 4) is 22.3 Å². The second-order valence-electron chi connectivity index (χ2n) is 8.10. The molecule has 196 valence electrons. The number of thiophene rings is 1. The molecule has 1 aliphatic rings. The molecule has 37 heavy (non-hydrogen) atoms. The van der Waals surface area contributed by atoms with Crippen molar-refractivity contribution in [3.63, 3.8) is 0 Å². The van der Waals surface area contributed by atoms with Crippen LogP contribution in [-0.2, 0) is 5.67 Å². The Labute approximate surface area is 217 Å². The molecule has 2 aromatic heterocycles. The minimum absolute atomic E-state index is 0.0910. The van der Waals surface area contributed by atoms with Crippen LogP contribution in [0, 0.1) is 11.3 Å². The van der Waals surface area contributed by atoms with Crippen molar-refractivity contribution in [1.82, 2.24) is 19.9 Å². The van der Waals surface area contributed by atoms with E-state index in [1.54, 1.807) is 7.05 Å². The molecule has 0 saturated heterocycles. The van der Waals surface area contributed by atoms with Gasteiger partial charge in [0.2, 0.25) is 0 Å². The third-order valence-corrected chi connectivity index (χ3v) is 7.29. The number of alkyl halides is 7. The number of carbonyl (C=O) groups excluding carboxylic acids is 1. The van der Waals surface area contributed by atoms with Gasteiger partial charge in [0, 0.05) is 18.7 Å². The summed E-state index contributed by atoms with van der Waals surface area (Å²) in [6.07, 6.45) is -9.80. The van der Waals surface area contributed by atoms with Crippen LogP contribution in [0.25, 0.3) is 16.3 Å². The number of nitrogens with zero attached hydrogens (tertiary/aromatic N) is 5. The van der Waals surface area contributed by atoms with E-state index in [1.807, 2.05) is 6.07 Å². The van der Waals surface area contributed by atoms with Gasteiger partial charge in [0.15, 0.2) is 0 Å². The zero-order valence-electron chi connectivity index (χ0n) is 18.3. The van der Waals surface area contributed by atoms with Crippen molar-refractivity contribution in [2.45, 2.75) is 36.9 Å². The van der Waals surface area contributed by atoms with Gasteiger partial charge < -0.3 is 4.90 Å². The number of aromatic nitrogens is 3. The number of rotatable bonds is 5. The fraction of sp³-hybridized carbons (Fsp3) is 0.333. The molecule has 0 aliphatic heterocycles. The second kappa shape index (κ2) is 9.14. The van der Waals surface area contributed by atoms with Gasteiger partial charge in [-0.2, -0.15) is 31.6 Å². The lowest BCUT2D eigenvalue weighted by Crippen LogP contribution is -2.50. The lowest BCUT2D eigenvalue weighted by Gasteiger charge is -2.30. The molecule has 1 saturated carbocycles. The maximum atomic E-state index is 14.4. The van der Waals surface area contributed by atoms with E-state index in [-0.39, 0.29) is 45.9 Å². The molecule has 0 radical (unpaired) electrons. The SMILES string of the molecule is CN(C(=O)c1cc(-c2cn(-c3c(Cl)cc(C(F)(C(F)(F)F)C(F)(F)F)cc3Cl)nn2)sc1C#N)C1CC1. The number of halogens is 9. The summed E-state index contributed by atoms with van der Waals surface area (Å²) in [4.78, 5) is 14.7. The fourth-order valence-corrected chi connectivity index (χ4v) is 5.09. The largest absolute Gasteiger partial charge is 0.435 e. The van der Waals surface area contributed by atoms with Gasteiger partial charge >= 0.3 is 18.0 Å². The van der Waals surface area contributed by atoms with Crippen molar-refractivity contribution in [2.75, 3.05) is 7.05 Å². The molecule has 0 N–H and O–H groups in total. The van der Waals surface area contributed by atoms with Gasteiger partial charge in [-0.1, -0.05) is 28.4 Å². The smallest absolute Gasteiger partial charge is 0.339 e. The normalized spacial score (nSPS) is 14.5. The van der Waals surface area contributed by atoms with Gasteiger partial charge in [0.1, 0.15) is 22.3 Å². The Morgan fingerprint density at radius 1 is 1.11 bits per heavy atom.